The maximum Gasteiger partial charge on any atom is 0.319 e. The number of carbonyl (C=O) groups is 1. The molecule has 21 heavy (non-hydrogen) atoms. The first-order valence-electron chi connectivity index (χ1n) is 7.16. The second-order valence-electron chi connectivity index (χ2n) is 4.98. The summed E-state index contributed by atoms with van der Waals surface area (Å²) >= 11 is 0. The van der Waals surface area contributed by atoms with E-state index in [2.05, 4.69) is 17.6 Å². The van der Waals surface area contributed by atoms with Crippen molar-refractivity contribution in [1.29, 1.82) is 0 Å². The Balaban J connectivity index is 2.49. The van der Waals surface area contributed by atoms with Gasteiger partial charge in [0.05, 0.1) is 0 Å². The SMILES string of the molecule is CCCC(CCO)CNC(=O)Nc1cccc(S(C)=O)c1. The summed E-state index contributed by atoms with van der Waals surface area (Å²) in [5.41, 5.74) is 0.620. The molecule has 6 heteroatoms. The lowest BCUT2D eigenvalue weighted by molar-refractivity contribution is 0.236. The fourth-order valence-electron chi connectivity index (χ4n) is 2.10. The average molecular weight is 312 g/mol. The van der Waals surface area contributed by atoms with Crippen LogP contribution in [0.25, 0.3) is 0 Å². The van der Waals surface area contributed by atoms with E-state index in [0.29, 0.717) is 29.5 Å². The number of rotatable bonds is 8. The summed E-state index contributed by atoms with van der Waals surface area (Å²) in [7, 11) is -1.07. The molecular weight excluding hydrogens is 288 g/mol. The Morgan fingerprint density at radius 3 is 2.76 bits per heavy atom. The number of hydrogen-bond acceptors (Lipinski definition) is 3. The summed E-state index contributed by atoms with van der Waals surface area (Å²) in [5.74, 6) is 0.292. The molecule has 0 fully saturated rings. The van der Waals surface area contributed by atoms with Gasteiger partial charge in [0.1, 0.15) is 0 Å². The van der Waals surface area contributed by atoms with Gasteiger partial charge in [0.2, 0.25) is 0 Å². The summed E-state index contributed by atoms with van der Waals surface area (Å²) in [6.45, 7) is 2.76. The van der Waals surface area contributed by atoms with Gasteiger partial charge in [-0.2, -0.15) is 0 Å². The molecule has 0 radical (unpaired) electrons. The Morgan fingerprint density at radius 2 is 2.14 bits per heavy atom. The van der Waals surface area contributed by atoms with Gasteiger partial charge in [-0.15, -0.1) is 0 Å². The first-order chi connectivity index (χ1) is 10.1. The van der Waals surface area contributed by atoms with E-state index in [1.807, 2.05) is 0 Å². The molecule has 2 unspecified atom stereocenters. The zero-order valence-corrected chi connectivity index (χ0v) is 13.4. The number of urea groups is 1. The molecule has 0 aromatic heterocycles. The van der Waals surface area contributed by atoms with Gasteiger partial charge < -0.3 is 15.7 Å². The molecule has 0 bridgehead atoms. The van der Waals surface area contributed by atoms with E-state index in [-0.39, 0.29) is 12.6 Å². The van der Waals surface area contributed by atoms with Crippen LogP contribution in [0.4, 0.5) is 10.5 Å². The number of carbonyl (C=O) groups excluding carboxylic acids is 1. The van der Waals surface area contributed by atoms with Crippen molar-refractivity contribution in [3.05, 3.63) is 24.3 Å². The Hall–Kier alpha value is -1.40. The van der Waals surface area contributed by atoms with Crippen LogP contribution in [0.1, 0.15) is 26.2 Å². The van der Waals surface area contributed by atoms with Crippen LogP contribution in [0.5, 0.6) is 0 Å². The number of amides is 2. The van der Waals surface area contributed by atoms with Crippen molar-refractivity contribution in [2.45, 2.75) is 31.1 Å². The standard InChI is InChI=1S/C15H24N2O3S/c1-3-5-12(8-9-18)11-16-15(19)17-13-6-4-7-14(10-13)21(2)20/h4,6-7,10,12,18H,3,5,8-9,11H2,1-2H3,(H2,16,17,19). The lowest BCUT2D eigenvalue weighted by atomic mass is 10.0. The second-order valence-corrected chi connectivity index (χ2v) is 6.36. The quantitative estimate of drug-likeness (QED) is 0.689. The van der Waals surface area contributed by atoms with E-state index < -0.39 is 10.8 Å². The maximum atomic E-state index is 11.8. The fourth-order valence-corrected chi connectivity index (χ4v) is 2.67. The van der Waals surface area contributed by atoms with Crippen LogP contribution in [0.3, 0.4) is 0 Å². The van der Waals surface area contributed by atoms with Crippen LogP contribution >= 0.6 is 0 Å². The predicted octanol–water partition coefficient (Wildman–Crippen LogP) is 2.34. The number of nitrogens with one attached hydrogen (secondary N) is 2. The smallest absolute Gasteiger partial charge is 0.319 e. The summed E-state index contributed by atoms with van der Waals surface area (Å²) in [6.07, 6.45) is 4.30. The number of aliphatic hydroxyl groups excluding tert-OH is 1. The highest BCUT2D eigenvalue weighted by Gasteiger charge is 2.09. The Bertz CT molecular complexity index is 474. The van der Waals surface area contributed by atoms with E-state index in [1.165, 1.54) is 0 Å². The van der Waals surface area contributed by atoms with Gasteiger partial charge in [0.15, 0.2) is 0 Å². The lowest BCUT2D eigenvalue weighted by Crippen LogP contribution is -2.33. The van der Waals surface area contributed by atoms with Gasteiger partial charge in [-0.3, -0.25) is 4.21 Å². The van der Waals surface area contributed by atoms with Gasteiger partial charge in [0, 0.05) is 40.8 Å². The van der Waals surface area contributed by atoms with Gasteiger partial charge in [-0.05, 0) is 37.0 Å². The Labute approximate surface area is 128 Å². The van der Waals surface area contributed by atoms with Crippen molar-refractivity contribution < 1.29 is 14.1 Å². The van der Waals surface area contributed by atoms with E-state index in [4.69, 9.17) is 5.11 Å². The topological polar surface area (TPSA) is 78.4 Å². The fraction of sp³-hybridized carbons (Fsp3) is 0.533. The molecule has 0 heterocycles. The molecule has 2 atom stereocenters. The average Bonchev–Trinajstić information content (AvgIpc) is 2.45. The third-order valence-corrected chi connectivity index (χ3v) is 4.13. The molecule has 118 valence electrons. The molecule has 0 saturated heterocycles. The molecule has 1 aromatic carbocycles. The van der Waals surface area contributed by atoms with E-state index in [0.717, 1.165) is 12.8 Å². The summed E-state index contributed by atoms with van der Waals surface area (Å²) in [5, 5.41) is 14.5. The monoisotopic (exact) mass is 312 g/mol. The van der Waals surface area contributed by atoms with Crippen molar-refractivity contribution in [2.24, 2.45) is 5.92 Å². The highest BCUT2D eigenvalue weighted by molar-refractivity contribution is 7.84. The van der Waals surface area contributed by atoms with Crippen LogP contribution in [0, 0.1) is 5.92 Å². The first-order valence-corrected chi connectivity index (χ1v) is 8.71. The Kier molecular flexibility index (Phi) is 8.00. The number of hydrogen-bond donors (Lipinski definition) is 3. The molecule has 1 aromatic rings. The number of aliphatic hydroxyl groups is 1. The molecule has 3 N–H and O–H groups in total. The zero-order chi connectivity index (χ0) is 15.7. The molecule has 0 spiro atoms. The molecule has 0 saturated carbocycles. The second kappa shape index (κ2) is 9.52. The molecule has 1 rings (SSSR count). The molecule has 0 aliphatic carbocycles. The molecular formula is C15H24N2O3S. The maximum absolute atomic E-state index is 11.8. The van der Waals surface area contributed by atoms with Crippen molar-refractivity contribution in [2.75, 3.05) is 24.7 Å². The van der Waals surface area contributed by atoms with E-state index in [9.17, 15) is 9.00 Å². The summed E-state index contributed by atoms with van der Waals surface area (Å²) in [4.78, 5) is 12.5. The van der Waals surface area contributed by atoms with Crippen molar-refractivity contribution in [3.8, 4) is 0 Å². The summed E-state index contributed by atoms with van der Waals surface area (Å²) in [6, 6.07) is 6.70. The largest absolute Gasteiger partial charge is 0.396 e. The van der Waals surface area contributed by atoms with E-state index in [1.54, 1.807) is 30.5 Å². The normalized spacial score (nSPS) is 13.5. The molecule has 0 aliphatic heterocycles. The molecule has 0 aliphatic rings. The van der Waals surface area contributed by atoms with Crippen molar-refractivity contribution in [3.63, 3.8) is 0 Å². The minimum atomic E-state index is -1.07. The third kappa shape index (κ3) is 6.73. The minimum Gasteiger partial charge on any atom is -0.396 e. The predicted molar refractivity (Wildman–Crippen MR) is 85.9 cm³/mol. The van der Waals surface area contributed by atoms with Gasteiger partial charge >= 0.3 is 6.03 Å². The van der Waals surface area contributed by atoms with Crippen LogP contribution in [0.15, 0.2) is 29.2 Å². The number of anilines is 1. The lowest BCUT2D eigenvalue weighted by Gasteiger charge is -2.16. The van der Waals surface area contributed by atoms with Gasteiger partial charge in [0.25, 0.3) is 0 Å². The third-order valence-electron chi connectivity index (χ3n) is 3.21. The highest BCUT2D eigenvalue weighted by atomic mass is 32.2. The van der Waals surface area contributed by atoms with E-state index >= 15 is 0 Å². The van der Waals surface area contributed by atoms with Crippen molar-refractivity contribution >= 4 is 22.5 Å². The van der Waals surface area contributed by atoms with Crippen LogP contribution in [0.2, 0.25) is 0 Å². The number of benzene rings is 1. The molecule has 2 amide bonds. The highest BCUT2D eigenvalue weighted by Crippen LogP contribution is 2.13. The molecule has 5 nitrogen and oxygen atoms in total. The zero-order valence-electron chi connectivity index (χ0n) is 12.6. The van der Waals surface area contributed by atoms with Gasteiger partial charge in [-0.1, -0.05) is 19.4 Å². The minimum absolute atomic E-state index is 0.137. The van der Waals surface area contributed by atoms with Crippen LogP contribution in [-0.4, -0.2) is 34.8 Å². The summed E-state index contributed by atoms with van der Waals surface area (Å²) < 4.78 is 11.4. The first kappa shape index (κ1) is 17.7. The van der Waals surface area contributed by atoms with Crippen LogP contribution in [-0.2, 0) is 10.8 Å². The van der Waals surface area contributed by atoms with Crippen molar-refractivity contribution in [1.82, 2.24) is 5.32 Å². The Morgan fingerprint density at radius 1 is 1.38 bits per heavy atom. The van der Waals surface area contributed by atoms with Crippen LogP contribution < -0.4 is 10.6 Å². The van der Waals surface area contributed by atoms with Gasteiger partial charge in [-0.25, -0.2) is 4.79 Å².